The number of rotatable bonds is 7. The molecule has 0 aliphatic carbocycles. The average Bonchev–Trinajstić information content (AvgIpc) is 2.69. The SMILES string of the molecule is CN=C(NCc1ccc(S(=O)(=O)NC)cc1)N(C)Cc1ccc(OC)cc1. The summed E-state index contributed by atoms with van der Waals surface area (Å²) in [4.78, 5) is 6.56. The molecule has 2 aromatic rings. The van der Waals surface area contributed by atoms with Crippen LogP contribution in [0.4, 0.5) is 0 Å². The standard InChI is InChI=1S/C19H26N4O3S/c1-20-19(23(3)14-16-5-9-17(26-4)10-6-16)22-13-15-7-11-18(12-8-15)27(24,25)21-2/h5-12,21H,13-14H2,1-4H3,(H,20,22). The zero-order chi connectivity index (χ0) is 19.9. The molecule has 0 saturated carbocycles. The molecule has 146 valence electrons. The molecule has 2 aromatic carbocycles. The van der Waals surface area contributed by atoms with E-state index >= 15 is 0 Å². The van der Waals surface area contributed by atoms with Crippen LogP contribution in [-0.4, -0.2) is 47.5 Å². The van der Waals surface area contributed by atoms with E-state index in [-0.39, 0.29) is 4.90 Å². The van der Waals surface area contributed by atoms with E-state index in [0.717, 1.165) is 22.8 Å². The number of nitrogens with zero attached hydrogens (tertiary/aromatic N) is 2. The van der Waals surface area contributed by atoms with E-state index in [2.05, 4.69) is 15.0 Å². The molecule has 0 spiro atoms. The number of hydrogen-bond acceptors (Lipinski definition) is 4. The van der Waals surface area contributed by atoms with Crippen LogP contribution in [0.3, 0.4) is 0 Å². The molecule has 7 nitrogen and oxygen atoms in total. The lowest BCUT2D eigenvalue weighted by Gasteiger charge is -2.22. The molecule has 0 aliphatic rings. The van der Waals surface area contributed by atoms with Gasteiger partial charge in [-0.3, -0.25) is 4.99 Å². The summed E-state index contributed by atoms with van der Waals surface area (Å²) in [5, 5.41) is 3.29. The van der Waals surface area contributed by atoms with E-state index in [9.17, 15) is 8.42 Å². The van der Waals surface area contributed by atoms with Crippen molar-refractivity contribution in [3.63, 3.8) is 0 Å². The number of ether oxygens (including phenoxy) is 1. The van der Waals surface area contributed by atoms with E-state index in [4.69, 9.17) is 4.74 Å². The highest BCUT2D eigenvalue weighted by atomic mass is 32.2. The minimum atomic E-state index is -3.42. The van der Waals surface area contributed by atoms with Gasteiger partial charge in [-0.2, -0.15) is 0 Å². The lowest BCUT2D eigenvalue weighted by atomic mass is 10.2. The minimum absolute atomic E-state index is 0.245. The summed E-state index contributed by atoms with van der Waals surface area (Å²) in [6.45, 7) is 1.24. The fraction of sp³-hybridized carbons (Fsp3) is 0.316. The second-order valence-corrected chi connectivity index (χ2v) is 7.84. The van der Waals surface area contributed by atoms with Crippen LogP contribution >= 0.6 is 0 Å². The molecule has 0 aromatic heterocycles. The van der Waals surface area contributed by atoms with Crippen LogP contribution in [0.5, 0.6) is 5.75 Å². The third-order valence-electron chi connectivity index (χ3n) is 4.11. The van der Waals surface area contributed by atoms with Crippen molar-refractivity contribution in [1.29, 1.82) is 0 Å². The van der Waals surface area contributed by atoms with Gasteiger partial charge in [0.2, 0.25) is 10.0 Å². The van der Waals surface area contributed by atoms with Crippen LogP contribution in [0.1, 0.15) is 11.1 Å². The summed E-state index contributed by atoms with van der Waals surface area (Å²) in [5.41, 5.74) is 2.10. The molecule has 0 heterocycles. The molecule has 0 radical (unpaired) electrons. The van der Waals surface area contributed by atoms with Gasteiger partial charge in [-0.15, -0.1) is 0 Å². The Bertz CT molecular complexity index is 863. The number of sulfonamides is 1. The molecule has 0 atom stereocenters. The molecular weight excluding hydrogens is 364 g/mol. The van der Waals surface area contributed by atoms with Crippen molar-refractivity contribution in [3.8, 4) is 5.75 Å². The quantitative estimate of drug-likeness (QED) is 0.557. The Morgan fingerprint density at radius 3 is 2.19 bits per heavy atom. The number of methoxy groups -OCH3 is 1. The smallest absolute Gasteiger partial charge is 0.240 e. The summed E-state index contributed by atoms with van der Waals surface area (Å²) in [6.07, 6.45) is 0. The molecule has 8 heteroatoms. The van der Waals surface area contributed by atoms with Crippen LogP contribution in [0, 0.1) is 0 Å². The molecule has 0 bridgehead atoms. The summed E-state index contributed by atoms with van der Waals surface area (Å²) in [5.74, 6) is 1.57. The highest BCUT2D eigenvalue weighted by molar-refractivity contribution is 7.89. The summed E-state index contributed by atoms with van der Waals surface area (Å²) >= 11 is 0. The molecular formula is C19H26N4O3S. The Morgan fingerprint density at radius 1 is 1.07 bits per heavy atom. The highest BCUT2D eigenvalue weighted by Gasteiger charge is 2.11. The van der Waals surface area contributed by atoms with Crippen molar-refractivity contribution in [2.75, 3.05) is 28.3 Å². The number of aliphatic imine (C=N–C) groups is 1. The van der Waals surface area contributed by atoms with Gasteiger partial charge in [0.05, 0.1) is 12.0 Å². The number of nitrogens with one attached hydrogen (secondary N) is 2. The lowest BCUT2D eigenvalue weighted by Crippen LogP contribution is -2.38. The van der Waals surface area contributed by atoms with Crippen molar-refractivity contribution in [1.82, 2.24) is 14.9 Å². The molecule has 27 heavy (non-hydrogen) atoms. The van der Waals surface area contributed by atoms with Crippen LogP contribution in [-0.2, 0) is 23.1 Å². The van der Waals surface area contributed by atoms with Crippen molar-refractivity contribution in [2.24, 2.45) is 4.99 Å². The van der Waals surface area contributed by atoms with Gasteiger partial charge in [-0.1, -0.05) is 24.3 Å². The van der Waals surface area contributed by atoms with Gasteiger partial charge >= 0.3 is 0 Å². The molecule has 2 N–H and O–H groups in total. The lowest BCUT2D eigenvalue weighted by molar-refractivity contribution is 0.414. The molecule has 2 rings (SSSR count). The van der Waals surface area contributed by atoms with E-state index in [1.165, 1.54) is 7.05 Å². The van der Waals surface area contributed by atoms with Crippen LogP contribution in [0.2, 0.25) is 0 Å². The van der Waals surface area contributed by atoms with Crippen LogP contribution in [0.25, 0.3) is 0 Å². The fourth-order valence-corrected chi connectivity index (χ4v) is 3.28. The highest BCUT2D eigenvalue weighted by Crippen LogP contribution is 2.13. The maximum Gasteiger partial charge on any atom is 0.240 e. The third kappa shape index (κ3) is 5.70. The zero-order valence-corrected chi connectivity index (χ0v) is 16.9. The van der Waals surface area contributed by atoms with Gasteiger partial charge in [-0.05, 0) is 42.4 Å². The Labute approximate surface area is 161 Å². The summed E-state index contributed by atoms with van der Waals surface area (Å²) in [6, 6.07) is 14.6. The van der Waals surface area contributed by atoms with Gasteiger partial charge in [0.25, 0.3) is 0 Å². The first kappa shape index (κ1) is 20.7. The first-order valence-corrected chi connectivity index (χ1v) is 9.95. The molecule has 0 aliphatic heterocycles. The third-order valence-corrected chi connectivity index (χ3v) is 5.54. The van der Waals surface area contributed by atoms with Gasteiger partial charge in [0.1, 0.15) is 5.75 Å². The second-order valence-electron chi connectivity index (χ2n) is 5.96. The Kier molecular flexibility index (Phi) is 7.20. The summed E-state index contributed by atoms with van der Waals surface area (Å²) < 4.78 is 31.0. The monoisotopic (exact) mass is 390 g/mol. The van der Waals surface area contributed by atoms with Crippen molar-refractivity contribution >= 4 is 16.0 Å². The van der Waals surface area contributed by atoms with E-state index in [1.54, 1.807) is 38.4 Å². The van der Waals surface area contributed by atoms with Gasteiger partial charge in [0, 0.05) is 27.2 Å². The largest absolute Gasteiger partial charge is 0.497 e. The molecule has 0 amide bonds. The normalized spacial score (nSPS) is 11.9. The van der Waals surface area contributed by atoms with Gasteiger partial charge in [0.15, 0.2) is 5.96 Å². The second kappa shape index (κ2) is 9.38. The van der Waals surface area contributed by atoms with Crippen molar-refractivity contribution < 1.29 is 13.2 Å². The van der Waals surface area contributed by atoms with Gasteiger partial charge in [-0.25, -0.2) is 13.1 Å². The Morgan fingerprint density at radius 2 is 1.67 bits per heavy atom. The minimum Gasteiger partial charge on any atom is -0.497 e. The fourth-order valence-electron chi connectivity index (χ4n) is 2.55. The molecule has 0 unspecified atom stereocenters. The first-order chi connectivity index (χ1) is 12.9. The number of benzene rings is 2. The maximum atomic E-state index is 11.8. The van der Waals surface area contributed by atoms with Gasteiger partial charge < -0.3 is 15.0 Å². The zero-order valence-electron chi connectivity index (χ0n) is 16.1. The Balaban J connectivity index is 1.96. The van der Waals surface area contributed by atoms with Crippen molar-refractivity contribution in [2.45, 2.75) is 18.0 Å². The maximum absolute atomic E-state index is 11.8. The van der Waals surface area contributed by atoms with Crippen molar-refractivity contribution in [3.05, 3.63) is 59.7 Å². The van der Waals surface area contributed by atoms with Crippen LogP contribution in [0.15, 0.2) is 58.4 Å². The molecule has 0 saturated heterocycles. The first-order valence-electron chi connectivity index (χ1n) is 8.47. The predicted octanol–water partition coefficient (Wildman–Crippen LogP) is 1.81. The topological polar surface area (TPSA) is 83.0 Å². The van der Waals surface area contributed by atoms with E-state index in [0.29, 0.717) is 13.1 Å². The summed E-state index contributed by atoms with van der Waals surface area (Å²) in [7, 11) is 3.32. The number of guanidine groups is 1. The Hall–Kier alpha value is -2.58. The number of hydrogen-bond donors (Lipinski definition) is 2. The van der Waals surface area contributed by atoms with E-state index in [1.807, 2.05) is 36.2 Å². The molecule has 0 fully saturated rings. The van der Waals surface area contributed by atoms with Crippen LogP contribution < -0.4 is 14.8 Å². The predicted molar refractivity (Wildman–Crippen MR) is 107 cm³/mol. The average molecular weight is 391 g/mol. The van der Waals surface area contributed by atoms with E-state index < -0.39 is 10.0 Å².